The van der Waals surface area contributed by atoms with Crippen LogP contribution in [0.15, 0.2) is 42.6 Å². The summed E-state index contributed by atoms with van der Waals surface area (Å²) in [6.45, 7) is 3.10. The first kappa shape index (κ1) is 15.8. The maximum atomic E-state index is 6.05. The first-order valence-corrected chi connectivity index (χ1v) is 7.59. The highest BCUT2D eigenvalue weighted by atomic mass is 35.5. The van der Waals surface area contributed by atoms with E-state index < -0.39 is 0 Å². The van der Waals surface area contributed by atoms with Gasteiger partial charge in [0.1, 0.15) is 5.75 Å². The van der Waals surface area contributed by atoms with Crippen molar-refractivity contribution in [3.8, 4) is 5.75 Å². The molecule has 1 N–H and O–H groups in total. The largest absolute Gasteiger partial charge is 0.496 e. The van der Waals surface area contributed by atoms with E-state index in [2.05, 4.69) is 17.2 Å². The highest BCUT2D eigenvalue weighted by Gasteiger charge is 2.17. The van der Waals surface area contributed by atoms with Crippen LogP contribution in [0.5, 0.6) is 5.75 Å². The summed E-state index contributed by atoms with van der Waals surface area (Å²) in [7, 11) is 1.67. The second kappa shape index (κ2) is 8.01. The zero-order chi connectivity index (χ0) is 15.1. The molecule has 0 bridgehead atoms. The first-order chi connectivity index (χ1) is 10.2. The van der Waals surface area contributed by atoms with Crippen molar-refractivity contribution in [2.24, 2.45) is 0 Å². The molecule has 0 aliphatic heterocycles. The molecule has 112 valence electrons. The molecule has 4 heteroatoms. The predicted octanol–water partition coefficient (Wildman–Crippen LogP) is 4.03. The van der Waals surface area contributed by atoms with Crippen LogP contribution in [0.1, 0.15) is 30.6 Å². The maximum absolute atomic E-state index is 6.05. The predicted molar refractivity (Wildman–Crippen MR) is 87.0 cm³/mol. The third-order valence-electron chi connectivity index (χ3n) is 3.35. The van der Waals surface area contributed by atoms with Crippen molar-refractivity contribution in [2.75, 3.05) is 13.7 Å². The van der Waals surface area contributed by atoms with E-state index in [1.54, 1.807) is 7.11 Å². The molecular formula is C17H21ClN2O. The van der Waals surface area contributed by atoms with Gasteiger partial charge in [-0.05, 0) is 37.2 Å². The number of rotatable bonds is 7. The third kappa shape index (κ3) is 4.45. The molecule has 0 amide bonds. The van der Waals surface area contributed by atoms with Crippen molar-refractivity contribution in [2.45, 2.75) is 25.8 Å². The summed E-state index contributed by atoms with van der Waals surface area (Å²) in [5.41, 5.74) is 2.17. The van der Waals surface area contributed by atoms with Gasteiger partial charge in [-0.25, -0.2) is 0 Å². The standard InChI is InChI=1S/C17H21ClN2O/c1-3-9-20-16(12-14-6-4-5-10-19-14)15-8-7-13(18)11-17(15)21-2/h4-8,10-11,16,20H,3,9,12H2,1-2H3. The number of hydrogen-bond donors (Lipinski definition) is 1. The van der Waals surface area contributed by atoms with Crippen LogP contribution >= 0.6 is 11.6 Å². The monoisotopic (exact) mass is 304 g/mol. The Labute approximate surface area is 131 Å². The Hall–Kier alpha value is -1.58. The molecule has 1 aromatic heterocycles. The number of methoxy groups -OCH3 is 1. The lowest BCUT2D eigenvalue weighted by Crippen LogP contribution is -2.25. The van der Waals surface area contributed by atoms with E-state index in [-0.39, 0.29) is 6.04 Å². The fourth-order valence-electron chi connectivity index (χ4n) is 2.31. The molecule has 0 radical (unpaired) electrons. The molecule has 0 spiro atoms. The molecule has 1 unspecified atom stereocenters. The van der Waals surface area contributed by atoms with Crippen LogP contribution in [0.4, 0.5) is 0 Å². The summed E-state index contributed by atoms with van der Waals surface area (Å²) in [4.78, 5) is 4.42. The minimum absolute atomic E-state index is 0.159. The molecule has 1 heterocycles. The van der Waals surface area contributed by atoms with Crippen LogP contribution in [0, 0.1) is 0 Å². The van der Waals surface area contributed by atoms with Crippen molar-refractivity contribution in [1.29, 1.82) is 0 Å². The van der Waals surface area contributed by atoms with Gasteiger partial charge in [-0.1, -0.05) is 30.7 Å². The molecule has 0 saturated heterocycles. The van der Waals surface area contributed by atoms with E-state index in [0.29, 0.717) is 5.02 Å². The number of halogens is 1. The van der Waals surface area contributed by atoms with Crippen molar-refractivity contribution in [1.82, 2.24) is 10.3 Å². The minimum atomic E-state index is 0.159. The van der Waals surface area contributed by atoms with E-state index in [4.69, 9.17) is 16.3 Å². The average molecular weight is 305 g/mol. The molecule has 1 atom stereocenters. The molecular weight excluding hydrogens is 284 g/mol. The molecule has 1 aromatic carbocycles. The van der Waals surface area contributed by atoms with Crippen LogP contribution in [-0.4, -0.2) is 18.6 Å². The van der Waals surface area contributed by atoms with Gasteiger partial charge in [-0.15, -0.1) is 0 Å². The Bertz CT molecular complexity index is 560. The van der Waals surface area contributed by atoms with Gasteiger partial charge in [-0.3, -0.25) is 4.98 Å². The highest BCUT2D eigenvalue weighted by molar-refractivity contribution is 6.30. The SMILES string of the molecule is CCCNC(Cc1ccccn1)c1ccc(Cl)cc1OC. The first-order valence-electron chi connectivity index (χ1n) is 7.21. The quantitative estimate of drug-likeness (QED) is 0.838. The number of nitrogens with one attached hydrogen (secondary N) is 1. The van der Waals surface area contributed by atoms with Crippen molar-refractivity contribution in [3.63, 3.8) is 0 Å². The Morgan fingerprint density at radius 3 is 2.81 bits per heavy atom. The van der Waals surface area contributed by atoms with E-state index >= 15 is 0 Å². The molecule has 0 saturated carbocycles. The van der Waals surface area contributed by atoms with E-state index in [0.717, 1.165) is 36.4 Å². The van der Waals surface area contributed by atoms with Gasteiger partial charge >= 0.3 is 0 Å². The third-order valence-corrected chi connectivity index (χ3v) is 3.59. The number of hydrogen-bond acceptors (Lipinski definition) is 3. The topological polar surface area (TPSA) is 34.2 Å². The second-order valence-corrected chi connectivity index (χ2v) is 5.35. The number of aromatic nitrogens is 1. The highest BCUT2D eigenvalue weighted by Crippen LogP contribution is 2.30. The van der Waals surface area contributed by atoms with Gasteiger partial charge in [0.25, 0.3) is 0 Å². The summed E-state index contributed by atoms with van der Waals surface area (Å²) >= 11 is 6.05. The molecule has 3 nitrogen and oxygen atoms in total. The molecule has 2 rings (SSSR count). The fourth-order valence-corrected chi connectivity index (χ4v) is 2.47. The molecule has 0 fully saturated rings. The Balaban J connectivity index is 2.27. The number of ether oxygens (including phenoxy) is 1. The van der Waals surface area contributed by atoms with E-state index in [1.807, 2.05) is 42.6 Å². The summed E-state index contributed by atoms with van der Waals surface area (Å²) in [5.74, 6) is 0.812. The lowest BCUT2D eigenvalue weighted by molar-refractivity contribution is 0.397. The zero-order valence-corrected chi connectivity index (χ0v) is 13.2. The molecule has 2 aromatic rings. The number of benzene rings is 1. The van der Waals surface area contributed by atoms with Gasteiger partial charge in [0.2, 0.25) is 0 Å². The number of nitrogens with zero attached hydrogens (tertiary/aromatic N) is 1. The van der Waals surface area contributed by atoms with Gasteiger partial charge in [-0.2, -0.15) is 0 Å². The van der Waals surface area contributed by atoms with Gasteiger partial charge < -0.3 is 10.1 Å². The van der Waals surface area contributed by atoms with Crippen LogP contribution in [0.3, 0.4) is 0 Å². The van der Waals surface area contributed by atoms with Gasteiger partial charge in [0.05, 0.1) is 7.11 Å². The number of pyridine rings is 1. The van der Waals surface area contributed by atoms with Crippen LogP contribution in [0.2, 0.25) is 5.02 Å². The van der Waals surface area contributed by atoms with Crippen LogP contribution < -0.4 is 10.1 Å². The van der Waals surface area contributed by atoms with E-state index in [1.165, 1.54) is 0 Å². The summed E-state index contributed by atoms with van der Waals surface area (Å²) in [6, 6.07) is 11.9. The van der Waals surface area contributed by atoms with Gasteiger partial charge in [0, 0.05) is 34.9 Å². The lowest BCUT2D eigenvalue weighted by atomic mass is 10.00. The fraction of sp³-hybridized carbons (Fsp3) is 0.353. The zero-order valence-electron chi connectivity index (χ0n) is 12.5. The lowest BCUT2D eigenvalue weighted by Gasteiger charge is -2.21. The Morgan fingerprint density at radius 1 is 1.29 bits per heavy atom. The molecule has 0 aliphatic carbocycles. The molecule has 21 heavy (non-hydrogen) atoms. The van der Waals surface area contributed by atoms with E-state index in [9.17, 15) is 0 Å². The normalized spacial score (nSPS) is 12.1. The van der Waals surface area contributed by atoms with Gasteiger partial charge in [0.15, 0.2) is 0 Å². The smallest absolute Gasteiger partial charge is 0.125 e. The summed E-state index contributed by atoms with van der Waals surface area (Å²) in [6.07, 6.45) is 3.72. The summed E-state index contributed by atoms with van der Waals surface area (Å²) < 4.78 is 5.48. The average Bonchev–Trinajstić information content (AvgIpc) is 2.52. The maximum Gasteiger partial charge on any atom is 0.125 e. The van der Waals surface area contributed by atoms with Crippen molar-refractivity contribution in [3.05, 3.63) is 58.9 Å². The Morgan fingerprint density at radius 2 is 2.14 bits per heavy atom. The minimum Gasteiger partial charge on any atom is -0.496 e. The molecule has 0 aliphatic rings. The summed E-state index contributed by atoms with van der Waals surface area (Å²) in [5, 5.41) is 4.25. The van der Waals surface area contributed by atoms with Crippen molar-refractivity contribution < 1.29 is 4.74 Å². The Kier molecular flexibility index (Phi) is 6.03. The van der Waals surface area contributed by atoms with Crippen LogP contribution in [-0.2, 0) is 6.42 Å². The van der Waals surface area contributed by atoms with Crippen LogP contribution in [0.25, 0.3) is 0 Å². The van der Waals surface area contributed by atoms with Crippen molar-refractivity contribution >= 4 is 11.6 Å². The second-order valence-electron chi connectivity index (χ2n) is 4.92.